The third-order valence-electron chi connectivity index (χ3n) is 5.57. The Balaban J connectivity index is 1.69. The predicted octanol–water partition coefficient (Wildman–Crippen LogP) is 2.32. The molecule has 2 saturated heterocycles. The summed E-state index contributed by atoms with van der Waals surface area (Å²) in [5, 5.41) is 3.62. The number of benzene rings is 1. The summed E-state index contributed by atoms with van der Waals surface area (Å²) in [6.07, 6.45) is 3.94. The van der Waals surface area contributed by atoms with Crippen LogP contribution in [0.25, 0.3) is 0 Å². The first-order valence-electron chi connectivity index (χ1n) is 8.81. The van der Waals surface area contributed by atoms with Crippen LogP contribution in [0.1, 0.15) is 28.5 Å². The van der Waals surface area contributed by atoms with Gasteiger partial charge in [0.1, 0.15) is 0 Å². The van der Waals surface area contributed by atoms with Crippen molar-refractivity contribution < 1.29 is 14.1 Å². The predicted molar refractivity (Wildman–Crippen MR) is 95.4 cm³/mol. The zero-order valence-corrected chi connectivity index (χ0v) is 14.5. The molecule has 0 saturated carbocycles. The number of nitrogens with zero attached hydrogens (tertiary/aromatic N) is 3. The normalized spacial score (nSPS) is 25.2. The molecule has 26 heavy (non-hydrogen) atoms. The molecule has 0 aliphatic carbocycles. The van der Waals surface area contributed by atoms with Gasteiger partial charge >= 0.3 is 0 Å². The second-order valence-corrected chi connectivity index (χ2v) is 6.97. The number of hydrogen-bond donors (Lipinski definition) is 0. The molecule has 1 aromatic heterocycles. The molecule has 0 bridgehead atoms. The number of carbonyl (C=O) groups is 2. The third kappa shape index (κ3) is 2.53. The molecule has 2 fully saturated rings. The maximum atomic E-state index is 13.3. The maximum Gasteiger partial charge on any atom is 0.292 e. The summed E-state index contributed by atoms with van der Waals surface area (Å²) in [6.45, 7) is 5.88. The first-order valence-corrected chi connectivity index (χ1v) is 8.81. The molecule has 0 N–H and O–H groups in total. The highest BCUT2D eigenvalue weighted by molar-refractivity contribution is 5.94. The molecule has 1 aromatic carbocycles. The fourth-order valence-electron chi connectivity index (χ4n) is 4.31. The van der Waals surface area contributed by atoms with Gasteiger partial charge in [0.05, 0.1) is 11.6 Å². The molecule has 2 aliphatic rings. The zero-order chi connectivity index (χ0) is 18.1. The van der Waals surface area contributed by atoms with Crippen molar-refractivity contribution in [3.63, 3.8) is 0 Å². The van der Waals surface area contributed by atoms with Crippen LogP contribution >= 0.6 is 0 Å². The minimum Gasteiger partial charge on any atom is -0.351 e. The molecule has 1 spiro atoms. The molecular weight excluding hydrogens is 330 g/mol. The Bertz CT molecular complexity index is 818. The topological polar surface area (TPSA) is 66.7 Å². The lowest BCUT2D eigenvalue weighted by Gasteiger charge is -2.28. The number of amides is 2. The molecule has 6 nitrogen and oxygen atoms in total. The van der Waals surface area contributed by atoms with E-state index in [1.165, 1.54) is 6.20 Å². The fourth-order valence-corrected chi connectivity index (χ4v) is 4.31. The van der Waals surface area contributed by atoms with E-state index < -0.39 is 5.41 Å². The van der Waals surface area contributed by atoms with E-state index in [1.807, 2.05) is 35.2 Å². The Kier molecular flexibility index (Phi) is 4.11. The van der Waals surface area contributed by atoms with Gasteiger partial charge in [0.2, 0.25) is 11.7 Å². The molecule has 134 valence electrons. The smallest absolute Gasteiger partial charge is 0.292 e. The van der Waals surface area contributed by atoms with E-state index in [9.17, 15) is 9.59 Å². The van der Waals surface area contributed by atoms with Crippen molar-refractivity contribution in [1.82, 2.24) is 15.0 Å². The third-order valence-corrected chi connectivity index (χ3v) is 5.57. The van der Waals surface area contributed by atoms with Crippen molar-refractivity contribution in [3.8, 4) is 0 Å². The molecule has 4 rings (SSSR count). The summed E-state index contributed by atoms with van der Waals surface area (Å²) in [5.41, 5.74) is 0.509. The van der Waals surface area contributed by atoms with E-state index in [2.05, 4.69) is 11.7 Å². The number of carbonyl (C=O) groups excluding carboxylic acids is 2. The van der Waals surface area contributed by atoms with Gasteiger partial charge in [-0.2, -0.15) is 0 Å². The molecular formula is C20H21N3O3. The van der Waals surface area contributed by atoms with Crippen LogP contribution in [0.2, 0.25) is 0 Å². The van der Waals surface area contributed by atoms with Crippen LogP contribution in [0.3, 0.4) is 0 Å². The lowest BCUT2D eigenvalue weighted by Crippen LogP contribution is -2.40. The number of rotatable bonds is 4. The largest absolute Gasteiger partial charge is 0.351 e. The Morgan fingerprint density at radius 3 is 2.85 bits per heavy atom. The molecule has 6 heteroatoms. The highest BCUT2D eigenvalue weighted by Crippen LogP contribution is 2.50. The highest BCUT2D eigenvalue weighted by atomic mass is 16.5. The molecule has 0 radical (unpaired) electrons. The Labute approximate surface area is 152 Å². The number of aromatic nitrogens is 1. The fraction of sp³-hybridized carbons (Fsp3) is 0.350. The van der Waals surface area contributed by atoms with Crippen molar-refractivity contribution in [2.75, 3.05) is 26.2 Å². The summed E-state index contributed by atoms with van der Waals surface area (Å²) in [6, 6.07) is 11.6. The lowest BCUT2D eigenvalue weighted by molar-refractivity contribution is -0.135. The highest BCUT2D eigenvalue weighted by Gasteiger charge is 2.58. The second kappa shape index (κ2) is 6.44. The van der Waals surface area contributed by atoms with Gasteiger partial charge < -0.3 is 14.3 Å². The first kappa shape index (κ1) is 16.6. The van der Waals surface area contributed by atoms with Gasteiger partial charge in [-0.3, -0.25) is 9.59 Å². The van der Waals surface area contributed by atoms with Crippen LogP contribution in [-0.2, 0) is 4.79 Å². The molecule has 2 amide bonds. The first-order chi connectivity index (χ1) is 12.7. The van der Waals surface area contributed by atoms with Crippen LogP contribution in [0.5, 0.6) is 0 Å². The molecule has 0 unspecified atom stereocenters. The van der Waals surface area contributed by atoms with Gasteiger partial charge in [0.25, 0.3) is 5.91 Å². The standard InChI is InChI=1S/C20H21N3O3/c1-2-11-22-12-9-20(19(22)25)14-23(18(24)17-8-10-21-26-17)13-16(20)15-6-4-3-5-7-15/h2-8,10,16H,1,9,11-14H2/t16-,20+/m0/s1. The zero-order valence-electron chi connectivity index (χ0n) is 14.5. The van der Waals surface area contributed by atoms with Crippen LogP contribution in [0, 0.1) is 5.41 Å². The van der Waals surface area contributed by atoms with Crippen molar-refractivity contribution in [1.29, 1.82) is 0 Å². The van der Waals surface area contributed by atoms with Crippen molar-refractivity contribution in [2.45, 2.75) is 12.3 Å². The van der Waals surface area contributed by atoms with E-state index >= 15 is 0 Å². The molecule has 3 heterocycles. The summed E-state index contributed by atoms with van der Waals surface area (Å²) >= 11 is 0. The quantitative estimate of drug-likeness (QED) is 0.793. The number of likely N-dealkylation sites (tertiary alicyclic amines) is 2. The van der Waals surface area contributed by atoms with Crippen LogP contribution < -0.4 is 0 Å². The number of hydrogen-bond acceptors (Lipinski definition) is 4. The maximum absolute atomic E-state index is 13.3. The van der Waals surface area contributed by atoms with E-state index in [-0.39, 0.29) is 23.5 Å². The Morgan fingerprint density at radius 1 is 1.35 bits per heavy atom. The monoisotopic (exact) mass is 351 g/mol. The van der Waals surface area contributed by atoms with Crippen LogP contribution in [-0.4, -0.2) is 52.9 Å². The molecule has 2 atom stereocenters. The Morgan fingerprint density at radius 2 is 2.15 bits per heavy atom. The lowest BCUT2D eigenvalue weighted by atomic mass is 9.73. The van der Waals surface area contributed by atoms with Crippen LogP contribution in [0.4, 0.5) is 0 Å². The summed E-state index contributed by atoms with van der Waals surface area (Å²) in [4.78, 5) is 29.6. The van der Waals surface area contributed by atoms with E-state index in [1.54, 1.807) is 17.0 Å². The van der Waals surface area contributed by atoms with Crippen LogP contribution in [0.15, 0.2) is 59.8 Å². The average molecular weight is 351 g/mol. The van der Waals surface area contributed by atoms with Gasteiger partial charge in [-0.25, -0.2) is 0 Å². The van der Waals surface area contributed by atoms with Gasteiger partial charge in [0, 0.05) is 38.2 Å². The average Bonchev–Trinajstić information content (AvgIpc) is 3.39. The van der Waals surface area contributed by atoms with Gasteiger partial charge in [-0.05, 0) is 12.0 Å². The van der Waals surface area contributed by atoms with Gasteiger partial charge in [-0.1, -0.05) is 41.6 Å². The van der Waals surface area contributed by atoms with Gasteiger partial charge in [-0.15, -0.1) is 6.58 Å². The SMILES string of the molecule is C=CCN1CC[C@]2(CN(C(=O)c3ccno3)C[C@H]2c2ccccc2)C1=O. The summed E-state index contributed by atoms with van der Waals surface area (Å²) < 4.78 is 5.04. The molecule has 2 aliphatic heterocycles. The minimum absolute atomic E-state index is 0.0297. The van der Waals surface area contributed by atoms with Crippen molar-refractivity contribution >= 4 is 11.8 Å². The van der Waals surface area contributed by atoms with Gasteiger partial charge in [0.15, 0.2) is 0 Å². The molecule has 2 aromatic rings. The minimum atomic E-state index is -0.583. The Hall–Kier alpha value is -2.89. The van der Waals surface area contributed by atoms with Crippen molar-refractivity contribution in [2.24, 2.45) is 5.41 Å². The second-order valence-electron chi connectivity index (χ2n) is 6.97. The van der Waals surface area contributed by atoms with E-state index in [0.29, 0.717) is 26.2 Å². The van der Waals surface area contributed by atoms with E-state index in [0.717, 1.165) is 12.0 Å². The van der Waals surface area contributed by atoms with E-state index in [4.69, 9.17) is 4.52 Å². The summed E-state index contributed by atoms with van der Waals surface area (Å²) in [7, 11) is 0. The summed E-state index contributed by atoms with van der Waals surface area (Å²) in [5.74, 6) is 0.0783. The van der Waals surface area contributed by atoms with Crippen molar-refractivity contribution in [3.05, 3.63) is 66.6 Å².